The van der Waals surface area contributed by atoms with Gasteiger partial charge in [0.1, 0.15) is 6.04 Å². The highest BCUT2D eigenvalue weighted by molar-refractivity contribution is 5.89. The number of amides is 3. The zero-order valence-electron chi connectivity index (χ0n) is 20.1. The third-order valence-electron chi connectivity index (χ3n) is 7.42. The van der Waals surface area contributed by atoms with Crippen LogP contribution < -0.4 is 5.32 Å². The number of urea groups is 1. The molecule has 0 radical (unpaired) electrons. The zero-order chi connectivity index (χ0) is 23.4. The highest BCUT2D eigenvalue weighted by Crippen LogP contribution is 2.31. The van der Waals surface area contributed by atoms with Crippen LogP contribution in [0.15, 0.2) is 60.7 Å². The van der Waals surface area contributed by atoms with Crippen LogP contribution in [-0.4, -0.2) is 77.6 Å². The minimum Gasteiger partial charge on any atom is -0.329 e. The average molecular weight is 450 g/mol. The number of hydrogen-bond donors (Lipinski definition) is 1. The van der Waals surface area contributed by atoms with Crippen molar-refractivity contribution in [1.82, 2.24) is 9.80 Å². The summed E-state index contributed by atoms with van der Waals surface area (Å²) in [5.41, 5.74) is 2.08. The first-order valence-corrected chi connectivity index (χ1v) is 12.2. The standard InChI is InChI=1S/C27H36N4O2/c1-21(2)25-18-29(27(33)28-24-12-8-5-9-13-24)16-17-31(25)19-22(3)30(26(32)20-31)15-14-23-10-6-4-7-11-23/h4-13,21-22,25H,14-20H2,1-3H3/p+1/t22-,25+,31?/m0/s1. The second kappa shape index (κ2) is 9.96. The van der Waals surface area contributed by atoms with Gasteiger partial charge in [0.25, 0.3) is 5.91 Å². The van der Waals surface area contributed by atoms with Gasteiger partial charge in [-0.15, -0.1) is 0 Å². The molecule has 6 heteroatoms. The van der Waals surface area contributed by atoms with Gasteiger partial charge in [-0.2, -0.15) is 0 Å². The van der Waals surface area contributed by atoms with Crippen LogP contribution >= 0.6 is 0 Å². The van der Waals surface area contributed by atoms with Gasteiger partial charge in [-0.3, -0.25) is 4.79 Å². The van der Waals surface area contributed by atoms with Crippen LogP contribution in [0.5, 0.6) is 0 Å². The Bertz CT molecular complexity index is 949. The first-order valence-electron chi connectivity index (χ1n) is 12.2. The Morgan fingerprint density at radius 3 is 2.39 bits per heavy atom. The molecule has 0 aromatic heterocycles. The number of rotatable bonds is 5. The molecule has 2 aromatic carbocycles. The van der Waals surface area contributed by atoms with Crippen molar-refractivity contribution in [2.75, 3.05) is 44.6 Å². The number of nitrogens with one attached hydrogen (secondary N) is 1. The molecule has 2 fully saturated rings. The largest absolute Gasteiger partial charge is 0.329 e. The number of anilines is 1. The van der Waals surface area contributed by atoms with Gasteiger partial charge in [0, 0.05) is 18.2 Å². The van der Waals surface area contributed by atoms with Crippen molar-refractivity contribution >= 4 is 17.6 Å². The molecule has 3 atom stereocenters. The van der Waals surface area contributed by atoms with Gasteiger partial charge >= 0.3 is 6.03 Å². The molecular weight excluding hydrogens is 412 g/mol. The summed E-state index contributed by atoms with van der Waals surface area (Å²) in [7, 11) is 0. The molecule has 1 unspecified atom stereocenters. The molecule has 33 heavy (non-hydrogen) atoms. The molecule has 176 valence electrons. The number of nitrogens with zero attached hydrogens (tertiary/aromatic N) is 3. The number of carbonyl (C=O) groups excluding carboxylic acids is 2. The Labute approximate surface area is 197 Å². The molecule has 2 heterocycles. The Kier molecular flexibility index (Phi) is 7.03. The van der Waals surface area contributed by atoms with Crippen LogP contribution in [0, 0.1) is 5.92 Å². The lowest BCUT2D eigenvalue weighted by Crippen LogP contribution is -2.75. The molecule has 0 saturated carbocycles. The smallest absolute Gasteiger partial charge is 0.322 e. The van der Waals surface area contributed by atoms with E-state index in [2.05, 4.69) is 55.3 Å². The number of quaternary nitrogens is 1. The summed E-state index contributed by atoms with van der Waals surface area (Å²) in [6.45, 7) is 11.1. The van der Waals surface area contributed by atoms with Crippen molar-refractivity contribution in [3.05, 3.63) is 66.2 Å². The summed E-state index contributed by atoms with van der Waals surface area (Å²) < 4.78 is 0.800. The topological polar surface area (TPSA) is 52.7 Å². The van der Waals surface area contributed by atoms with Crippen molar-refractivity contribution in [2.45, 2.75) is 39.3 Å². The zero-order valence-corrected chi connectivity index (χ0v) is 20.1. The van der Waals surface area contributed by atoms with Crippen molar-refractivity contribution < 1.29 is 14.1 Å². The molecule has 2 aliphatic rings. The van der Waals surface area contributed by atoms with E-state index in [0.717, 1.165) is 36.2 Å². The number of carbonyl (C=O) groups is 2. The van der Waals surface area contributed by atoms with E-state index in [9.17, 15) is 9.59 Å². The molecular formula is C27H37N4O2+. The van der Waals surface area contributed by atoms with Crippen LogP contribution in [0.1, 0.15) is 26.3 Å². The second-order valence-electron chi connectivity index (χ2n) is 10.0. The quantitative estimate of drug-likeness (QED) is 0.705. The van der Waals surface area contributed by atoms with Crippen molar-refractivity contribution in [2.24, 2.45) is 5.92 Å². The van der Waals surface area contributed by atoms with E-state index < -0.39 is 0 Å². The summed E-state index contributed by atoms with van der Waals surface area (Å²) in [5.74, 6) is 0.630. The predicted molar refractivity (Wildman–Crippen MR) is 132 cm³/mol. The molecule has 0 aliphatic carbocycles. The maximum Gasteiger partial charge on any atom is 0.322 e. The Morgan fingerprint density at radius 2 is 1.76 bits per heavy atom. The van der Waals surface area contributed by atoms with E-state index in [1.807, 2.05) is 41.3 Å². The van der Waals surface area contributed by atoms with Crippen molar-refractivity contribution in [3.8, 4) is 0 Å². The number of para-hydroxylation sites is 1. The Balaban J connectivity index is 1.42. The minimum absolute atomic E-state index is 0.0504. The third-order valence-corrected chi connectivity index (χ3v) is 7.42. The number of benzene rings is 2. The molecule has 1 N–H and O–H groups in total. The van der Waals surface area contributed by atoms with E-state index >= 15 is 0 Å². The molecule has 0 bridgehead atoms. The molecule has 2 aliphatic heterocycles. The van der Waals surface area contributed by atoms with Crippen LogP contribution in [0.4, 0.5) is 10.5 Å². The first-order chi connectivity index (χ1) is 15.9. The highest BCUT2D eigenvalue weighted by atomic mass is 16.2. The van der Waals surface area contributed by atoms with Gasteiger partial charge in [0.2, 0.25) is 0 Å². The third kappa shape index (κ3) is 5.22. The average Bonchev–Trinajstić information content (AvgIpc) is 2.80. The lowest BCUT2D eigenvalue weighted by atomic mass is 9.93. The van der Waals surface area contributed by atoms with Crippen LogP contribution in [0.3, 0.4) is 0 Å². The van der Waals surface area contributed by atoms with Crippen LogP contribution in [0.25, 0.3) is 0 Å². The van der Waals surface area contributed by atoms with Gasteiger partial charge in [0.05, 0.1) is 32.2 Å². The van der Waals surface area contributed by atoms with Gasteiger partial charge < -0.3 is 19.6 Å². The molecule has 4 rings (SSSR count). The van der Waals surface area contributed by atoms with E-state index in [4.69, 9.17) is 0 Å². The van der Waals surface area contributed by atoms with E-state index in [0.29, 0.717) is 25.6 Å². The molecule has 2 aromatic rings. The summed E-state index contributed by atoms with van der Waals surface area (Å²) >= 11 is 0. The fourth-order valence-corrected chi connectivity index (χ4v) is 5.69. The van der Waals surface area contributed by atoms with Crippen LogP contribution in [-0.2, 0) is 11.2 Å². The van der Waals surface area contributed by atoms with E-state index in [1.54, 1.807) is 0 Å². The van der Waals surface area contributed by atoms with Crippen LogP contribution in [0.2, 0.25) is 0 Å². The normalized spacial score (nSPS) is 25.5. The molecule has 1 spiro atoms. The van der Waals surface area contributed by atoms with Gasteiger partial charge in [-0.25, -0.2) is 4.79 Å². The Morgan fingerprint density at radius 1 is 1.09 bits per heavy atom. The van der Waals surface area contributed by atoms with Crippen molar-refractivity contribution in [1.29, 1.82) is 0 Å². The van der Waals surface area contributed by atoms with E-state index in [-0.39, 0.29) is 24.0 Å². The summed E-state index contributed by atoms with van der Waals surface area (Å²) in [4.78, 5) is 30.3. The van der Waals surface area contributed by atoms with Crippen molar-refractivity contribution in [3.63, 3.8) is 0 Å². The summed E-state index contributed by atoms with van der Waals surface area (Å²) in [5, 5.41) is 3.02. The maximum atomic E-state index is 13.3. The SMILES string of the molecule is CC(C)[C@H]1CN(C(=O)Nc2ccccc2)CC[N+]12CC(=O)N(CCc1ccccc1)[C@@H](C)C2. The second-order valence-corrected chi connectivity index (χ2v) is 10.0. The summed E-state index contributed by atoms with van der Waals surface area (Å²) in [6, 6.07) is 20.4. The fourth-order valence-electron chi connectivity index (χ4n) is 5.69. The Hall–Kier alpha value is -2.86. The first kappa shape index (κ1) is 23.3. The number of piperazine rings is 2. The predicted octanol–water partition coefficient (Wildman–Crippen LogP) is 3.85. The number of hydrogen-bond acceptors (Lipinski definition) is 2. The van der Waals surface area contributed by atoms with E-state index in [1.165, 1.54) is 5.56 Å². The molecule has 3 amide bonds. The maximum absolute atomic E-state index is 13.3. The molecule has 6 nitrogen and oxygen atoms in total. The summed E-state index contributed by atoms with van der Waals surface area (Å²) in [6.07, 6.45) is 0.887. The highest BCUT2D eigenvalue weighted by Gasteiger charge is 2.50. The monoisotopic (exact) mass is 449 g/mol. The lowest BCUT2D eigenvalue weighted by Gasteiger charge is -2.56. The fraction of sp³-hybridized carbons (Fsp3) is 0.481. The molecule has 2 saturated heterocycles. The van der Waals surface area contributed by atoms with Gasteiger partial charge in [0.15, 0.2) is 6.54 Å². The minimum atomic E-state index is -0.0504. The van der Waals surface area contributed by atoms with Gasteiger partial charge in [-0.05, 0) is 31.0 Å². The van der Waals surface area contributed by atoms with Gasteiger partial charge in [-0.1, -0.05) is 62.4 Å². The lowest BCUT2D eigenvalue weighted by molar-refractivity contribution is -0.956.